The van der Waals surface area contributed by atoms with Gasteiger partial charge in [-0.15, -0.1) is 0 Å². The maximum atomic E-state index is 5.36. The van der Waals surface area contributed by atoms with Crippen molar-refractivity contribution in [2.45, 2.75) is 12.0 Å². The first kappa shape index (κ1) is 28.4. The van der Waals surface area contributed by atoms with Crippen molar-refractivity contribution >= 4 is 33.2 Å². The fraction of sp³-hybridized carbons (Fsp3) is 0.0444. The monoisotopic (exact) mass is 641 g/mol. The van der Waals surface area contributed by atoms with Crippen LogP contribution in [0.15, 0.2) is 176 Å². The Morgan fingerprint density at radius 1 is 0.500 bits per heavy atom. The van der Waals surface area contributed by atoms with Crippen molar-refractivity contribution in [2.24, 2.45) is 0 Å². The summed E-state index contributed by atoms with van der Waals surface area (Å²) in [6, 6.07) is 53.0. The van der Waals surface area contributed by atoms with Crippen molar-refractivity contribution in [1.29, 1.82) is 0 Å². The van der Waals surface area contributed by atoms with Gasteiger partial charge in [0.2, 0.25) is 0 Å². The number of rotatable bonds is 5. The molecule has 1 aliphatic carbocycles. The van der Waals surface area contributed by atoms with E-state index in [0.717, 1.165) is 45.1 Å². The molecule has 2 atom stereocenters. The minimum absolute atomic E-state index is 0.180. The lowest BCUT2D eigenvalue weighted by molar-refractivity contribution is 0.745. The number of benzene rings is 5. The smallest absolute Gasteiger partial charge is 0.179 e. The van der Waals surface area contributed by atoms with Gasteiger partial charge in [-0.1, -0.05) is 140 Å². The van der Waals surface area contributed by atoms with Crippen LogP contribution in [-0.4, -0.2) is 25.6 Å². The number of hydrogen-bond donors (Lipinski definition) is 0. The van der Waals surface area contributed by atoms with E-state index < -0.39 is 0 Å². The van der Waals surface area contributed by atoms with Crippen LogP contribution in [0.4, 0.5) is 11.4 Å². The standard InChI is InChI=1S/C45H31N5/c1-4-15-30(16-5-1)38-29-39(31-17-6-2-7-18-31)48-45(47-38)37-23-14-26-42(46-37)50-41-25-13-11-22-34(41)36-28-27-35-33-21-10-12-24-40(33)49(43(35)44(36)50)32-19-8-3-9-20-32/h1-29,33,40H. The van der Waals surface area contributed by atoms with Crippen LogP contribution >= 0.6 is 0 Å². The second-order valence-corrected chi connectivity index (χ2v) is 12.8. The van der Waals surface area contributed by atoms with Crippen LogP contribution in [-0.2, 0) is 0 Å². The predicted octanol–water partition coefficient (Wildman–Crippen LogP) is 10.7. The summed E-state index contributed by atoms with van der Waals surface area (Å²) in [5.41, 5.74) is 10.5. The van der Waals surface area contributed by atoms with Crippen molar-refractivity contribution in [2.75, 3.05) is 4.90 Å². The van der Waals surface area contributed by atoms with E-state index in [2.05, 4.69) is 143 Å². The predicted molar refractivity (Wildman–Crippen MR) is 204 cm³/mol. The van der Waals surface area contributed by atoms with Gasteiger partial charge in [0.05, 0.1) is 34.2 Å². The van der Waals surface area contributed by atoms with Crippen molar-refractivity contribution < 1.29 is 0 Å². The van der Waals surface area contributed by atoms with E-state index >= 15 is 0 Å². The lowest BCUT2D eigenvalue weighted by atomic mass is 9.91. The molecule has 0 bridgehead atoms. The Balaban J connectivity index is 1.22. The molecule has 0 spiro atoms. The molecule has 3 aromatic heterocycles. The molecule has 10 rings (SSSR count). The largest absolute Gasteiger partial charge is 0.332 e. The third-order valence-corrected chi connectivity index (χ3v) is 9.94. The lowest BCUT2D eigenvalue weighted by Crippen LogP contribution is -2.28. The average molecular weight is 642 g/mol. The molecule has 5 heteroatoms. The summed E-state index contributed by atoms with van der Waals surface area (Å²) < 4.78 is 2.34. The summed E-state index contributed by atoms with van der Waals surface area (Å²) in [4.78, 5) is 18.1. The van der Waals surface area contributed by atoms with Gasteiger partial charge in [-0.25, -0.2) is 15.0 Å². The quantitative estimate of drug-likeness (QED) is 0.188. The molecule has 2 unspecified atom stereocenters. The van der Waals surface area contributed by atoms with E-state index in [1.165, 1.54) is 27.7 Å². The van der Waals surface area contributed by atoms with Gasteiger partial charge in [-0.3, -0.25) is 4.57 Å². The topological polar surface area (TPSA) is 46.8 Å². The highest BCUT2D eigenvalue weighted by Crippen LogP contribution is 2.52. The first-order chi connectivity index (χ1) is 24.8. The van der Waals surface area contributed by atoms with Crippen molar-refractivity contribution in [3.8, 4) is 39.9 Å². The number of hydrogen-bond acceptors (Lipinski definition) is 4. The van der Waals surface area contributed by atoms with E-state index in [1.807, 2.05) is 42.5 Å². The highest BCUT2D eigenvalue weighted by Gasteiger charge is 2.40. The number of pyridine rings is 1. The van der Waals surface area contributed by atoms with Gasteiger partial charge >= 0.3 is 0 Å². The van der Waals surface area contributed by atoms with Crippen LogP contribution in [0.25, 0.3) is 61.7 Å². The van der Waals surface area contributed by atoms with E-state index in [9.17, 15) is 0 Å². The second-order valence-electron chi connectivity index (χ2n) is 12.8. The highest BCUT2D eigenvalue weighted by molar-refractivity contribution is 6.15. The summed E-state index contributed by atoms with van der Waals surface area (Å²) in [7, 11) is 0. The first-order valence-electron chi connectivity index (χ1n) is 17.0. The van der Waals surface area contributed by atoms with Gasteiger partial charge < -0.3 is 4.90 Å². The van der Waals surface area contributed by atoms with Crippen LogP contribution in [0.5, 0.6) is 0 Å². The summed E-state index contributed by atoms with van der Waals surface area (Å²) in [5, 5.41) is 2.40. The van der Waals surface area contributed by atoms with E-state index in [4.69, 9.17) is 15.0 Å². The molecular weight excluding hydrogens is 611 g/mol. The van der Waals surface area contributed by atoms with Crippen LogP contribution < -0.4 is 4.90 Å². The number of para-hydroxylation sites is 2. The molecule has 4 heterocycles. The Kier molecular flexibility index (Phi) is 6.56. The van der Waals surface area contributed by atoms with E-state index in [1.54, 1.807) is 0 Å². The SMILES string of the molecule is C1=CC2c3ccc4c5ccccc5n(-c5cccc(-c6nc(-c7ccccc7)cc(-c7ccccc7)n6)n5)c4c3N(c3ccccc3)C2C=C1. The maximum Gasteiger partial charge on any atom is 0.179 e. The lowest BCUT2D eigenvalue weighted by Gasteiger charge is -2.29. The summed E-state index contributed by atoms with van der Waals surface area (Å²) in [5.74, 6) is 1.66. The minimum atomic E-state index is 0.180. The van der Waals surface area contributed by atoms with Gasteiger partial charge in [0, 0.05) is 33.5 Å². The molecular formula is C45H31N5. The fourth-order valence-corrected chi connectivity index (χ4v) is 7.73. The number of anilines is 2. The Bertz CT molecular complexity index is 2550. The molecule has 0 N–H and O–H groups in total. The first-order valence-corrected chi connectivity index (χ1v) is 17.0. The Morgan fingerprint density at radius 3 is 1.90 bits per heavy atom. The number of allylic oxidation sites excluding steroid dienone is 2. The second kappa shape index (κ2) is 11.5. The van der Waals surface area contributed by atoms with Crippen LogP contribution in [0.2, 0.25) is 0 Å². The van der Waals surface area contributed by atoms with Gasteiger partial charge in [-0.2, -0.15) is 0 Å². The van der Waals surface area contributed by atoms with E-state index in [0.29, 0.717) is 5.82 Å². The molecule has 2 aliphatic rings. The van der Waals surface area contributed by atoms with Crippen LogP contribution in [0.3, 0.4) is 0 Å². The zero-order valence-corrected chi connectivity index (χ0v) is 27.1. The summed E-state index contributed by atoms with van der Waals surface area (Å²) in [6.07, 6.45) is 9.02. The zero-order valence-electron chi connectivity index (χ0n) is 27.1. The molecule has 0 saturated carbocycles. The van der Waals surface area contributed by atoms with Crippen molar-refractivity contribution in [3.05, 3.63) is 182 Å². The minimum Gasteiger partial charge on any atom is -0.332 e. The Labute approximate surface area is 290 Å². The Morgan fingerprint density at radius 2 is 1.16 bits per heavy atom. The van der Waals surface area contributed by atoms with Crippen LogP contribution in [0, 0.1) is 0 Å². The van der Waals surface area contributed by atoms with Crippen molar-refractivity contribution in [1.82, 2.24) is 19.5 Å². The van der Waals surface area contributed by atoms with Gasteiger partial charge in [0.15, 0.2) is 5.82 Å². The van der Waals surface area contributed by atoms with Gasteiger partial charge in [-0.05, 0) is 42.0 Å². The molecule has 8 aromatic rings. The molecule has 0 saturated heterocycles. The maximum absolute atomic E-state index is 5.36. The number of nitrogens with zero attached hydrogens (tertiary/aromatic N) is 5. The number of aromatic nitrogens is 4. The molecule has 0 amide bonds. The molecule has 0 radical (unpaired) electrons. The molecule has 236 valence electrons. The fourth-order valence-electron chi connectivity index (χ4n) is 7.73. The highest BCUT2D eigenvalue weighted by atomic mass is 15.2. The normalized spacial score (nSPS) is 16.2. The third-order valence-electron chi connectivity index (χ3n) is 9.94. The number of fused-ring (bicyclic) bond motifs is 7. The average Bonchev–Trinajstić information content (AvgIpc) is 3.72. The molecule has 5 aromatic carbocycles. The zero-order chi connectivity index (χ0) is 33.0. The molecule has 1 aliphatic heterocycles. The Hall–Kier alpha value is -6.59. The van der Waals surface area contributed by atoms with Gasteiger partial charge in [0.1, 0.15) is 11.5 Å². The van der Waals surface area contributed by atoms with Crippen LogP contribution in [0.1, 0.15) is 11.5 Å². The van der Waals surface area contributed by atoms with Gasteiger partial charge in [0.25, 0.3) is 0 Å². The summed E-state index contributed by atoms with van der Waals surface area (Å²) >= 11 is 0. The molecule has 50 heavy (non-hydrogen) atoms. The molecule has 0 fully saturated rings. The molecule has 5 nitrogen and oxygen atoms in total. The van der Waals surface area contributed by atoms with E-state index in [-0.39, 0.29) is 12.0 Å². The van der Waals surface area contributed by atoms with Crippen molar-refractivity contribution in [3.63, 3.8) is 0 Å². The third kappa shape index (κ3) is 4.51. The summed E-state index contributed by atoms with van der Waals surface area (Å²) in [6.45, 7) is 0.